The number of amides is 1. The lowest BCUT2D eigenvalue weighted by Gasteiger charge is -2.28. The van der Waals surface area contributed by atoms with E-state index in [0.717, 1.165) is 16.1 Å². The summed E-state index contributed by atoms with van der Waals surface area (Å²) in [6.45, 7) is 5.68. The summed E-state index contributed by atoms with van der Waals surface area (Å²) in [6, 6.07) is 12.8. The first-order chi connectivity index (χ1) is 13.1. The fourth-order valence-corrected chi connectivity index (χ4v) is 4.04. The molecule has 0 heterocycles. The maximum absolute atomic E-state index is 12.6. The first-order valence-corrected chi connectivity index (χ1v) is 11.1. The van der Waals surface area contributed by atoms with Gasteiger partial charge in [-0.1, -0.05) is 23.7 Å². The van der Waals surface area contributed by atoms with Gasteiger partial charge in [0.1, 0.15) is 11.8 Å². The molecule has 6 nitrogen and oxygen atoms in total. The number of carbonyl (C=O) groups excluding carboxylic acids is 1. The number of carbonyl (C=O) groups is 1. The van der Waals surface area contributed by atoms with Crippen LogP contribution in [0.25, 0.3) is 0 Å². The van der Waals surface area contributed by atoms with E-state index in [0.29, 0.717) is 16.5 Å². The van der Waals surface area contributed by atoms with Gasteiger partial charge >= 0.3 is 0 Å². The van der Waals surface area contributed by atoms with Gasteiger partial charge in [0.05, 0.1) is 18.0 Å². The normalized spacial score (nSPS) is 12.5. The molecule has 0 aliphatic rings. The number of hydrogen-bond donors (Lipinski definition) is 1. The van der Waals surface area contributed by atoms with Crippen LogP contribution in [0.2, 0.25) is 5.02 Å². The Morgan fingerprint density at radius 3 is 2.36 bits per heavy atom. The third-order valence-corrected chi connectivity index (χ3v) is 5.40. The van der Waals surface area contributed by atoms with Crippen molar-refractivity contribution < 1.29 is 17.9 Å². The SMILES string of the molecule is CC(C)Oc1cccc(CNC(=O)[C@@H](C)N(c2ccc(Cl)cc2)S(C)(=O)=O)c1. The molecule has 2 aromatic rings. The molecule has 0 radical (unpaired) electrons. The number of benzene rings is 2. The van der Waals surface area contributed by atoms with E-state index >= 15 is 0 Å². The summed E-state index contributed by atoms with van der Waals surface area (Å²) in [6.07, 6.45) is 1.12. The van der Waals surface area contributed by atoms with Crippen LogP contribution in [-0.2, 0) is 21.4 Å². The summed E-state index contributed by atoms with van der Waals surface area (Å²) >= 11 is 5.88. The lowest BCUT2D eigenvalue weighted by Crippen LogP contribution is -2.47. The maximum Gasteiger partial charge on any atom is 0.243 e. The molecule has 0 bridgehead atoms. The average molecular weight is 425 g/mol. The molecule has 0 spiro atoms. The van der Waals surface area contributed by atoms with Crippen LogP contribution in [0.5, 0.6) is 5.75 Å². The molecule has 1 atom stereocenters. The summed E-state index contributed by atoms with van der Waals surface area (Å²) in [7, 11) is -3.67. The second kappa shape index (κ2) is 9.30. The smallest absolute Gasteiger partial charge is 0.243 e. The third kappa shape index (κ3) is 6.14. The maximum atomic E-state index is 12.6. The zero-order valence-electron chi connectivity index (χ0n) is 16.3. The zero-order chi connectivity index (χ0) is 20.9. The van der Waals surface area contributed by atoms with Gasteiger partial charge in [-0.2, -0.15) is 0 Å². The molecule has 152 valence electrons. The average Bonchev–Trinajstić information content (AvgIpc) is 2.60. The number of sulfonamides is 1. The zero-order valence-corrected chi connectivity index (χ0v) is 17.9. The van der Waals surface area contributed by atoms with Crippen molar-refractivity contribution in [3.8, 4) is 5.75 Å². The number of nitrogens with one attached hydrogen (secondary N) is 1. The van der Waals surface area contributed by atoms with Crippen molar-refractivity contribution in [1.82, 2.24) is 5.32 Å². The Labute approximate surface area is 171 Å². The predicted octanol–water partition coefficient (Wildman–Crippen LogP) is 3.60. The van der Waals surface area contributed by atoms with Crippen molar-refractivity contribution >= 4 is 33.2 Å². The van der Waals surface area contributed by atoms with E-state index in [1.807, 2.05) is 38.1 Å². The number of hydrogen-bond acceptors (Lipinski definition) is 4. The molecule has 8 heteroatoms. The minimum atomic E-state index is -3.67. The second-order valence-corrected chi connectivity index (χ2v) is 9.04. The quantitative estimate of drug-likeness (QED) is 0.702. The van der Waals surface area contributed by atoms with Crippen LogP contribution in [0.15, 0.2) is 48.5 Å². The van der Waals surface area contributed by atoms with Gasteiger partial charge in [0.15, 0.2) is 0 Å². The highest BCUT2D eigenvalue weighted by Gasteiger charge is 2.28. The lowest BCUT2D eigenvalue weighted by atomic mass is 10.2. The van der Waals surface area contributed by atoms with Gasteiger partial charge in [-0.15, -0.1) is 0 Å². The van der Waals surface area contributed by atoms with Crippen LogP contribution < -0.4 is 14.4 Å². The van der Waals surface area contributed by atoms with Crippen molar-refractivity contribution in [2.24, 2.45) is 0 Å². The molecule has 1 amide bonds. The predicted molar refractivity (Wildman–Crippen MR) is 112 cm³/mol. The molecule has 28 heavy (non-hydrogen) atoms. The molecule has 0 fully saturated rings. The molecule has 0 aliphatic carbocycles. The topological polar surface area (TPSA) is 75.7 Å². The second-order valence-electron chi connectivity index (χ2n) is 6.74. The number of halogens is 1. The minimum absolute atomic E-state index is 0.0487. The first-order valence-electron chi connectivity index (χ1n) is 8.86. The standard InChI is InChI=1S/C20H25ClN2O4S/c1-14(2)27-19-7-5-6-16(12-19)13-22-20(24)15(3)23(28(4,25)26)18-10-8-17(21)9-11-18/h5-12,14-15H,13H2,1-4H3,(H,22,24)/t15-/m1/s1. The molecule has 1 N–H and O–H groups in total. The number of rotatable bonds is 8. The molecular weight excluding hydrogens is 400 g/mol. The molecule has 2 aromatic carbocycles. The fourth-order valence-electron chi connectivity index (χ4n) is 2.73. The number of ether oxygens (including phenoxy) is 1. The Kier molecular flexibility index (Phi) is 7.32. The molecule has 0 unspecified atom stereocenters. The van der Waals surface area contributed by atoms with Crippen molar-refractivity contribution in [3.63, 3.8) is 0 Å². The molecule has 0 aromatic heterocycles. The number of nitrogens with zero attached hydrogens (tertiary/aromatic N) is 1. The lowest BCUT2D eigenvalue weighted by molar-refractivity contribution is -0.122. The Morgan fingerprint density at radius 2 is 1.79 bits per heavy atom. The van der Waals surface area contributed by atoms with Crippen LogP contribution in [0.1, 0.15) is 26.3 Å². The molecule has 0 aliphatic heterocycles. The van der Waals surface area contributed by atoms with Crippen LogP contribution in [0.3, 0.4) is 0 Å². The Hall–Kier alpha value is -2.25. The van der Waals surface area contributed by atoms with Gasteiger partial charge in [0, 0.05) is 11.6 Å². The summed E-state index contributed by atoms with van der Waals surface area (Å²) in [5, 5.41) is 3.27. The highest BCUT2D eigenvalue weighted by Crippen LogP contribution is 2.23. The van der Waals surface area contributed by atoms with E-state index in [1.54, 1.807) is 31.2 Å². The van der Waals surface area contributed by atoms with Crippen molar-refractivity contribution in [2.45, 2.75) is 39.5 Å². The highest BCUT2D eigenvalue weighted by molar-refractivity contribution is 7.92. The van der Waals surface area contributed by atoms with Gasteiger partial charge in [-0.05, 0) is 62.7 Å². The summed E-state index contributed by atoms with van der Waals surface area (Å²) in [4.78, 5) is 12.6. The van der Waals surface area contributed by atoms with Crippen LogP contribution in [0, 0.1) is 0 Å². The largest absolute Gasteiger partial charge is 0.491 e. The Bertz CT molecular complexity index is 914. The van der Waals surface area contributed by atoms with E-state index < -0.39 is 22.0 Å². The van der Waals surface area contributed by atoms with E-state index in [9.17, 15) is 13.2 Å². The van der Waals surface area contributed by atoms with Gasteiger partial charge in [-0.25, -0.2) is 8.42 Å². The van der Waals surface area contributed by atoms with Crippen molar-refractivity contribution in [1.29, 1.82) is 0 Å². The Morgan fingerprint density at radius 1 is 1.14 bits per heavy atom. The van der Waals surface area contributed by atoms with Crippen LogP contribution in [0.4, 0.5) is 5.69 Å². The van der Waals surface area contributed by atoms with Gasteiger partial charge in [0.25, 0.3) is 0 Å². The molecular formula is C20H25ClN2O4S. The molecule has 2 rings (SSSR count). The first kappa shape index (κ1) is 22.0. The molecule has 0 saturated heterocycles. The van der Waals surface area contributed by atoms with E-state index in [-0.39, 0.29) is 12.6 Å². The van der Waals surface area contributed by atoms with E-state index in [1.165, 1.54) is 0 Å². The molecule has 0 saturated carbocycles. The van der Waals surface area contributed by atoms with Crippen LogP contribution in [-0.4, -0.2) is 32.7 Å². The third-order valence-electron chi connectivity index (χ3n) is 3.91. The van der Waals surface area contributed by atoms with Gasteiger partial charge in [-0.3, -0.25) is 9.10 Å². The fraction of sp³-hybridized carbons (Fsp3) is 0.350. The Balaban J connectivity index is 2.12. The minimum Gasteiger partial charge on any atom is -0.491 e. The summed E-state index contributed by atoms with van der Waals surface area (Å²) in [5.74, 6) is 0.310. The van der Waals surface area contributed by atoms with Gasteiger partial charge in [0.2, 0.25) is 15.9 Å². The van der Waals surface area contributed by atoms with E-state index in [4.69, 9.17) is 16.3 Å². The van der Waals surface area contributed by atoms with E-state index in [2.05, 4.69) is 5.32 Å². The van der Waals surface area contributed by atoms with Crippen LogP contribution >= 0.6 is 11.6 Å². The van der Waals surface area contributed by atoms with Crippen molar-refractivity contribution in [3.05, 3.63) is 59.1 Å². The monoisotopic (exact) mass is 424 g/mol. The number of anilines is 1. The highest BCUT2D eigenvalue weighted by atomic mass is 35.5. The van der Waals surface area contributed by atoms with Gasteiger partial charge < -0.3 is 10.1 Å². The summed E-state index contributed by atoms with van der Waals surface area (Å²) < 4.78 is 31.3. The van der Waals surface area contributed by atoms with Crippen molar-refractivity contribution in [2.75, 3.05) is 10.6 Å². The summed E-state index contributed by atoms with van der Waals surface area (Å²) in [5.41, 5.74) is 1.23.